The zero-order valence-electron chi connectivity index (χ0n) is 14.8. The molecule has 1 saturated heterocycles. The number of nitrogens with zero attached hydrogens (tertiary/aromatic N) is 3. The highest BCUT2D eigenvalue weighted by Gasteiger charge is 2.30. The van der Waals surface area contributed by atoms with E-state index >= 15 is 0 Å². The van der Waals surface area contributed by atoms with Crippen molar-refractivity contribution in [3.05, 3.63) is 17.2 Å². The molecule has 0 aliphatic carbocycles. The van der Waals surface area contributed by atoms with Gasteiger partial charge in [-0.05, 0) is 25.7 Å². The van der Waals surface area contributed by atoms with Gasteiger partial charge in [0, 0.05) is 39.9 Å². The SMILES string of the molecule is COCCCNC(=O)c1nc(C(=O)N2CCOCC2)c2n1CCCC2. The Kier molecular flexibility index (Phi) is 6.04. The Balaban J connectivity index is 1.78. The molecule has 8 nitrogen and oxygen atoms in total. The van der Waals surface area contributed by atoms with Crippen LogP contribution in [0.5, 0.6) is 0 Å². The number of methoxy groups -OCH3 is 1. The van der Waals surface area contributed by atoms with Gasteiger partial charge < -0.3 is 24.3 Å². The van der Waals surface area contributed by atoms with Crippen molar-refractivity contribution in [1.82, 2.24) is 19.8 Å². The molecule has 1 N–H and O–H groups in total. The van der Waals surface area contributed by atoms with Crippen molar-refractivity contribution in [3.8, 4) is 0 Å². The monoisotopic (exact) mass is 350 g/mol. The van der Waals surface area contributed by atoms with Crippen LogP contribution in [0.2, 0.25) is 0 Å². The van der Waals surface area contributed by atoms with Crippen molar-refractivity contribution >= 4 is 11.8 Å². The lowest BCUT2D eigenvalue weighted by molar-refractivity contribution is 0.0298. The summed E-state index contributed by atoms with van der Waals surface area (Å²) >= 11 is 0. The predicted molar refractivity (Wildman–Crippen MR) is 90.7 cm³/mol. The van der Waals surface area contributed by atoms with Gasteiger partial charge in [-0.3, -0.25) is 9.59 Å². The minimum absolute atomic E-state index is 0.0904. The number of nitrogens with one attached hydrogen (secondary N) is 1. The van der Waals surface area contributed by atoms with E-state index in [-0.39, 0.29) is 11.8 Å². The molecular weight excluding hydrogens is 324 g/mol. The topological polar surface area (TPSA) is 85.7 Å². The highest BCUT2D eigenvalue weighted by atomic mass is 16.5. The maximum absolute atomic E-state index is 12.9. The lowest BCUT2D eigenvalue weighted by Gasteiger charge is -2.26. The summed E-state index contributed by atoms with van der Waals surface area (Å²) < 4.78 is 12.2. The van der Waals surface area contributed by atoms with E-state index in [9.17, 15) is 9.59 Å². The third-order valence-corrected chi connectivity index (χ3v) is 4.63. The number of amides is 2. The second kappa shape index (κ2) is 8.44. The summed E-state index contributed by atoms with van der Waals surface area (Å²) in [7, 11) is 1.64. The third kappa shape index (κ3) is 4.01. The fourth-order valence-corrected chi connectivity index (χ4v) is 3.30. The maximum atomic E-state index is 12.9. The molecule has 138 valence electrons. The van der Waals surface area contributed by atoms with E-state index in [1.165, 1.54) is 0 Å². The Morgan fingerprint density at radius 3 is 2.80 bits per heavy atom. The molecule has 1 aromatic rings. The first-order chi connectivity index (χ1) is 12.2. The van der Waals surface area contributed by atoms with Crippen LogP contribution in [-0.4, -0.2) is 72.8 Å². The van der Waals surface area contributed by atoms with Gasteiger partial charge >= 0.3 is 0 Å². The number of ether oxygens (including phenoxy) is 2. The number of morpholine rings is 1. The van der Waals surface area contributed by atoms with Gasteiger partial charge in [0.2, 0.25) is 0 Å². The fraction of sp³-hybridized carbons (Fsp3) is 0.706. The second-order valence-electron chi connectivity index (χ2n) is 6.35. The standard InChI is InChI=1S/C17H26N4O4/c1-24-10-4-6-18-16(22)15-19-14(13-5-2-3-7-21(13)15)17(23)20-8-11-25-12-9-20/h2-12H2,1H3,(H,18,22). The van der Waals surface area contributed by atoms with Gasteiger partial charge in [0.15, 0.2) is 5.82 Å². The van der Waals surface area contributed by atoms with Crippen molar-refractivity contribution in [2.45, 2.75) is 32.2 Å². The van der Waals surface area contributed by atoms with E-state index in [4.69, 9.17) is 9.47 Å². The molecular formula is C17H26N4O4. The van der Waals surface area contributed by atoms with Crippen molar-refractivity contribution in [3.63, 3.8) is 0 Å². The number of hydrogen-bond acceptors (Lipinski definition) is 5. The van der Waals surface area contributed by atoms with Crippen LogP contribution in [-0.2, 0) is 22.4 Å². The smallest absolute Gasteiger partial charge is 0.287 e. The number of aromatic nitrogens is 2. The third-order valence-electron chi connectivity index (χ3n) is 4.63. The molecule has 0 spiro atoms. The predicted octanol–water partition coefficient (Wildman–Crippen LogP) is 0.458. The summed E-state index contributed by atoms with van der Waals surface area (Å²) in [5.74, 6) is 0.0383. The normalized spacial score (nSPS) is 17.2. The molecule has 0 aromatic carbocycles. The van der Waals surface area contributed by atoms with E-state index in [0.29, 0.717) is 51.0 Å². The molecule has 2 amide bonds. The summed E-state index contributed by atoms with van der Waals surface area (Å²) in [5, 5.41) is 2.87. The maximum Gasteiger partial charge on any atom is 0.287 e. The average Bonchev–Trinajstić information content (AvgIpc) is 3.05. The Labute approximate surface area is 147 Å². The second-order valence-corrected chi connectivity index (χ2v) is 6.35. The minimum atomic E-state index is -0.222. The van der Waals surface area contributed by atoms with Crippen LogP contribution >= 0.6 is 0 Å². The first-order valence-electron chi connectivity index (χ1n) is 8.96. The van der Waals surface area contributed by atoms with E-state index in [0.717, 1.165) is 37.9 Å². The molecule has 0 atom stereocenters. The van der Waals surface area contributed by atoms with Crippen LogP contribution in [0.1, 0.15) is 46.1 Å². The van der Waals surface area contributed by atoms with Gasteiger partial charge in [0.05, 0.1) is 18.9 Å². The molecule has 3 rings (SSSR count). The number of rotatable bonds is 6. The number of hydrogen-bond donors (Lipinski definition) is 1. The largest absolute Gasteiger partial charge is 0.385 e. The Morgan fingerprint density at radius 2 is 2.04 bits per heavy atom. The van der Waals surface area contributed by atoms with Crippen molar-refractivity contribution in [1.29, 1.82) is 0 Å². The average molecular weight is 350 g/mol. The summed E-state index contributed by atoms with van der Waals surface area (Å²) in [5.41, 5.74) is 1.33. The number of fused-ring (bicyclic) bond motifs is 1. The molecule has 0 radical (unpaired) electrons. The zero-order valence-corrected chi connectivity index (χ0v) is 14.8. The quantitative estimate of drug-likeness (QED) is 0.753. The number of carbonyl (C=O) groups excluding carboxylic acids is 2. The van der Waals surface area contributed by atoms with Crippen LogP contribution in [0, 0.1) is 0 Å². The van der Waals surface area contributed by atoms with Gasteiger partial charge in [-0.25, -0.2) is 4.98 Å². The van der Waals surface area contributed by atoms with Gasteiger partial charge in [-0.15, -0.1) is 0 Å². The molecule has 0 saturated carbocycles. The number of carbonyl (C=O) groups is 2. The van der Waals surface area contributed by atoms with Crippen LogP contribution < -0.4 is 5.32 Å². The molecule has 1 aromatic heterocycles. The van der Waals surface area contributed by atoms with Crippen LogP contribution in [0.25, 0.3) is 0 Å². The van der Waals surface area contributed by atoms with Crippen LogP contribution in [0.3, 0.4) is 0 Å². The Bertz CT molecular complexity index is 622. The summed E-state index contributed by atoms with van der Waals surface area (Å²) in [6.45, 7) is 4.11. The van der Waals surface area contributed by atoms with E-state index in [1.807, 2.05) is 4.57 Å². The Morgan fingerprint density at radius 1 is 1.24 bits per heavy atom. The van der Waals surface area contributed by atoms with Gasteiger partial charge in [-0.1, -0.05) is 0 Å². The molecule has 2 aliphatic rings. The molecule has 0 bridgehead atoms. The molecule has 8 heteroatoms. The fourth-order valence-electron chi connectivity index (χ4n) is 3.30. The summed E-state index contributed by atoms with van der Waals surface area (Å²) in [6.07, 6.45) is 3.55. The van der Waals surface area contributed by atoms with Gasteiger partial charge in [0.1, 0.15) is 5.69 Å². The first-order valence-corrected chi connectivity index (χ1v) is 8.96. The lowest BCUT2D eigenvalue weighted by Crippen LogP contribution is -2.41. The lowest BCUT2D eigenvalue weighted by atomic mass is 10.1. The van der Waals surface area contributed by atoms with E-state index < -0.39 is 0 Å². The minimum Gasteiger partial charge on any atom is -0.385 e. The summed E-state index contributed by atoms with van der Waals surface area (Å²) in [6, 6.07) is 0. The molecule has 3 heterocycles. The molecule has 25 heavy (non-hydrogen) atoms. The Hall–Kier alpha value is -1.93. The highest BCUT2D eigenvalue weighted by Crippen LogP contribution is 2.22. The van der Waals surface area contributed by atoms with E-state index in [2.05, 4.69) is 10.3 Å². The highest BCUT2D eigenvalue weighted by molar-refractivity contribution is 5.97. The number of imidazole rings is 1. The van der Waals surface area contributed by atoms with Crippen molar-refractivity contribution in [2.24, 2.45) is 0 Å². The van der Waals surface area contributed by atoms with Crippen molar-refractivity contribution in [2.75, 3.05) is 46.6 Å². The van der Waals surface area contributed by atoms with Gasteiger partial charge in [-0.2, -0.15) is 0 Å². The van der Waals surface area contributed by atoms with Crippen molar-refractivity contribution < 1.29 is 19.1 Å². The van der Waals surface area contributed by atoms with Gasteiger partial charge in [0.25, 0.3) is 11.8 Å². The van der Waals surface area contributed by atoms with Crippen LogP contribution in [0.15, 0.2) is 0 Å². The molecule has 1 fully saturated rings. The summed E-state index contributed by atoms with van der Waals surface area (Å²) in [4.78, 5) is 31.6. The first kappa shape index (κ1) is 17.9. The van der Waals surface area contributed by atoms with Crippen LogP contribution in [0.4, 0.5) is 0 Å². The molecule has 0 unspecified atom stereocenters. The van der Waals surface area contributed by atoms with E-state index in [1.54, 1.807) is 12.0 Å². The zero-order chi connectivity index (χ0) is 17.6. The molecule has 2 aliphatic heterocycles.